The van der Waals surface area contributed by atoms with E-state index in [4.69, 9.17) is 4.74 Å². The van der Waals surface area contributed by atoms with Gasteiger partial charge in [-0.2, -0.15) is 5.10 Å². The molecule has 2 aromatic rings. The van der Waals surface area contributed by atoms with Crippen LogP contribution in [0.3, 0.4) is 0 Å². The lowest BCUT2D eigenvalue weighted by Gasteiger charge is -1.94. The number of hydrogen-bond donors (Lipinski definition) is 1. The van der Waals surface area contributed by atoms with E-state index in [2.05, 4.69) is 20.2 Å². The van der Waals surface area contributed by atoms with E-state index in [9.17, 15) is 0 Å². The fourth-order valence-corrected chi connectivity index (χ4v) is 1.18. The Balaban J connectivity index is 2.14. The molecular formula is C10H12N4O. The molecule has 1 N–H and O–H groups in total. The van der Waals surface area contributed by atoms with Crippen LogP contribution in [-0.4, -0.2) is 26.8 Å². The second-order valence-corrected chi connectivity index (χ2v) is 2.98. The van der Waals surface area contributed by atoms with Crippen molar-refractivity contribution in [2.24, 2.45) is 0 Å². The minimum Gasteiger partial charge on any atom is -0.374 e. The van der Waals surface area contributed by atoms with Crippen molar-refractivity contribution in [1.82, 2.24) is 20.2 Å². The summed E-state index contributed by atoms with van der Waals surface area (Å²) in [6, 6.07) is 3.77. The Kier molecular flexibility index (Phi) is 3.04. The second-order valence-electron chi connectivity index (χ2n) is 2.98. The molecule has 0 aliphatic heterocycles. The fraction of sp³-hybridized carbons (Fsp3) is 0.300. The van der Waals surface area contributed by atoms with Crippen LogP contribution >= 0.6 is 0 Å². The molecule has 5 heteroatoms. The van der Waals surface area contributed by atoms with Gasteiger partial charge < -0.3 is 4.74 Å². The molecule has 0 saturated heterocycles. The summed E-state index contributed by atoms with van der Waals surface area (Å²) in [7, 11) is 0. The monoisotopic (exact) mass is 204 g/mol. The van der Waals surface area contributed by atoms with Crippen molar-refractivity contribution in [2.75, 3.05) is 6.61 Å². The van der Waals surface area contributed by atoms with Gasteiger partial charge in [-0.25, -0.2) is 4.98 Å². The molecule has 2 aromatic heterocycles. The van der Waals surface area contributed by atoms with Crippen molar-refractivity contribution in [3.8, 4) is 11.4 Å². The lowest BCUT2D eigenvalue weighted by atomic mass is 10.3. The maximum Gasteiger partial charge on any atom is 0.182 e. The van der Waals surface area contributed by atoms with Crippen LogP contribution in [0.25, 0.3) is 11.4 Å². The third kappa shape index (κ3) is 2.38. The number of nitrogens with zero attached hydrogens (tertiary/aromatic N) is 3. The molecule has 0 unspecified atom stereocenters. The maximum atomic E-state index is 5.22. The smallest absolute Gasteiger partial charge is 0.182 e. The van der Waals surface area contributed by atoms with Gasteiger partial charge in [-0.05, 0) is 19.1 Å². The van der Waals surface area contributed by atoms with Gasteiger partial charge in [-0.15, -0.1) is 0 Å². The number of rotatable bonds is 4. The van der Waals surface area contributed by atoms with Gasteiger partial charge in [0.05, 0.1) is 0 Å². The lowest BCUT2D eigenvalue weighted by Crippen LogP contribution is -1.93. The Morgan fingerprint density at radius 3 is 3.13 bits per heavy atom. The van der Waals surface area contributed by atoms with Crippen molar-refractivity contribution < 1.29 is 4.74 Å². The third-order valence-corrected chi connectivity index (χ3v) is 1.89. The minimum absolute atomic E-state index is 0.462. The highest BCUT2D eigenvalue weighted by atomic mass is 16.5. The summed E-state index contributed by atoms with van der Waals surface area (Å²) in [5, 5.41) is 6.91. The topological polar surface area (TPSA) is 63.7 Å². The van der Waals surface area contributed by atoms with Crippen LogP contribution in [0, 0.1) is 0 Å². The van der Waals surface area contributed by atoms with Crippen LogP contribution in [0.15, 0.2) is 24.5 Å². The predicted molar refractivity (Wildman–Crippen MR) is 54.9 cm³/mol. The van der Waals surface area contributed by atoms with E-state index in [-0.39, 0.29) is 0 Å². The van der Waals surface area contributed by atoms with Gasteiger partial charge in [0.2, 0.25) is 0 Å². The molecule has 0 aliphatic carbocycles. The van der Waals surface area contributed by atoms with Gasteiger partial charge in [0.1, 0.15) is 6.61 Å². The largest absolute Gasteiger partial charge is 0.374 e. The van der Waals surface area contributed by atoms with Gasteiger partial charge in [-0.3, -0.25) is 10.1 Å². The molecule has 2 rings (SSSR count). The van der Waals surface area contributed by atoms with E-state index < -0.39 is 0 Å². The molecule has 0 aromatic carbocycles. The molecular weight excluding hydrogens is 192 g/mol. The summed E-state index contributed by atoms with van der Waals surface area (Å²) in [5.74, 6) is 1.38. The van der Waals surface area contributed by atoms with Crippen molar-refractivity contribution >= 4 is 0 Å². The number of aromatic nitrogens is 4. The van der Waals surface area contributed by atoms with Gasteiger partial charge in [0.25, 0.3) is 0 Å². The van der Waals surface area contributed by atoms with Crippen molar-refractivity contribution in [1.29, 1.82) is 0 Å². The van der Waals surface area contributed by atoms with E-state index >= 15 is 0 Å². The molecule has 78 valence electrons. The molecule has 0 radical (unpaired) electrons. The average Bonchev–Trinajstić information content (AvgIpc) is 2.76. The van der Waals surface area contributed by atoms with Gasteiger partial charge in [0.15, 0.2) is 11.6 Å². The van der Waals surface area contributed by atoms with Crippen LogP contribution in [0.2, 0.25) is 0 Å². The standard InChI is InChI=1S/C10H12N4O/c1-2-15-7-9-12-10(14-13-9)8-4-3-5-11-6-8/h3-6H,2,7H2,1H3,(H,12,13,14). The van der Waals surface area contributed by atoms with Crippen molar-refractivity contribution in [3.05, 3.63) is 30.4 Å². The fourth-order valence-electron chi connectivity index (χ4n) is 1.18. The first-order valence-electron chi connectivity index (χ1n) is 4.79. The summed E-state index contributed by atoms with van der Waals surface area (Å²) in [4.78, 5) is 8.29. The van der Waals surface area contributed by atoms with Gasteiger partial charge in [-0.1, -0.05) is 0 Å². The maximum absolute atomic E-state index is 5.22. The Morgan fingerprint density at radius 1 is 1.47 bits per heavy atom. The molecule has 0 fully saturated rings. The molecule has 0 spiro atoms. The predicted octanol–water partition coefficient (Wildman–Crippen LogP) is 1.40. The summed E-state index contributed by atoms with van der Waals surface area (Å²) in [6.45, 7) is 3.07. The third-order valence-electron chi connectivity index (χ3n) is 1.89. The highest BCUT2D eigenvalue weighted by molar-refractivity contribution is 5.52. The normalized spacial score (nSPS) is 10.5. The van der Waals surface area contributed by atoms with Gasteiger partial charge in [0, 0.05) is 24.6 Å². The second kappa shape index (κ2) is 4.65. The van der Waals surface area contributed by atoms with Gasteiger partial charge >= 0.3 is 0 Å². The highest BCUT2D eigenvalue weighted by Gasteiger charge is 2.04. The van der Waals surface area contributed by atoms with E-state index in [0.29, 0.717) is 19.0 Å². The Bertz CT molecular complexity index is 412. The first kappa shape index (κ1) is 9.79. The van der Waals surface area contributed by atoms with E-state index in [1.807, 2.05) is 19.1 Å². The summed E-state index contributed by atoms with van der Waals surface area (Å²) in [6.07, 6.45) is 3.45. The van der Waals surface area contributed by atoms with Crippen molar-refractivity contribution in [2.45, 2.75) is 13.5 Å². The Labute approximate surface area is 87.5 Å². The Morgan fingerprint density at radius 2 is 2.40 bits per heavy atom. The summed E-state index contributed by atoms with van der Waals surface area (Å²) < 4.78 is 5.22. The number of pyridine rings is 1. The zero-order valence-corrected chi connectivity index (χ0v) is 8.47. The quantitative estimate of drug-likeness (QED) is 0.817. The number of hydrogen-bond acceptors (Lipinski definition) is 4. The van der Waals surface area contributed by atoms with Crippen LogP contribution < -0.4 is 0 Å². The van der Waals surface area contributed by atoms with Crippen molar-refractivity contribution in [3.63, 3.8) is 0 Å². The SMILES string of the molecule is CCOCc1nc(-c2cccnc2)n[nH]1. The molecule has 0 saturated carbocycles. The number of ether oxygens (including phenoxy) is 1. The summed E-state index contributed by atoms with van der Waals surface area (Å²) in [5.41, 5.74) is 0.900. The number of aromatic amines is 1. The molecule has 15 heavy (non-hydrogen) atoms. The first-order valence-corrected chi connectivity index (χ1v) is 4.79. The average molecular weight is 204 g/mol. The molecule has 0 bridgehead atoms. The highest BCUT2D eigenvalue weighted by Crippen LogP contribution is 2.11. The van der Waals surface area contributed by atoms with Crippen LogP contribution in [0.5, 0.6) is 0 Å². The molecule has 0 amide bonds. The lowest BCUT2D eigenvalue weighted by molar-refractivity contribution is 0.128. The first-order chi connectivity index (χ1) is 7.40. The van der Waals surface area contributed by atoms with E-state index in [1.165, 1.54) is 0 Å². The summed E-state index contributed by atoms with van der Waals surface area (Å²) >= 11 is 0. The molecule has 0 atom stereocenters. The molecule has 2 heterocycles. The van der Waals surface area contributed by atoms with E-state index in [0.717, 1.165) is 11.4 Å². The number of H-pyrrole nitrogens is 1. The Hall–Kier alpha value is -1.75. The minimum atomic E-state index is 0.462. The zero-order chi connectivity index (χ0) is 10.5. The van der Waals surface area contributed by atoms with Crippen LogP contribution in [0.1, 0.15) is 12.7 Å². The molecule has 0 aliphatic rings. The zero-order valence-electron chi connectivity index (χ0n) is 8.47. The van der Waals surface area contributed by atoms with Crippen LogP contribution in [-0.2, 0) is 11.3 Å². The van der Waals surface area contributed by atoms with E-state index in [1.54, 1.807) is 12.4 Å². The molecule has 5 nitrogen and oxygen atoms in total. The number of nitrogens with one attached hydrogen (secondary N) is 1. The van der Waals surface area contributed by atoms with Crippen LogP contribution in [0.4, 0.5) is 0 Å².